The van der Waals surface area contributed by atoms with Gasteiger partial charge in [0, 0.05) is 17.2 Å². The Labute approximate surface area is 153 Å². The third-order valence-corrected chi connectivity index (χ3v) is 5.03. The van der Waals surface area contributed by atoms with Crippen molar-refractivity contribution in [2.45, 2.75) is 25.3 Å². The van der Waals surface area contributed by atoms with Gasteiger partial charge in [0.15, 0.2) is 0 Å². The molecular formula is C18H16N4O3S. The lowest BCUT2D eigenvalue weighted by Crippen LogP contribution is -2.22. The monoisotopic (exact) mass is 368 g/mol. The summed E-state index contributed by atoms with van der Waals surface area (Å²) >= 11 is 1.32. The molecule has 0 radical (unpaired) electrons. The molecule has 7 nitrogen and oxygen atoms in total. The van der Waals surface area contributed by atoms with E-state index in [4.69, 9.17) is 4.42 Å². The van der Waals surface area contributed by atoms with Crippen LogP contribution >= 0.6 is 11.3 Å². The molecule has 132 valence electrons. The van der Waals surface area contributed by atoms with Gasteiger partial charge in [0.1, 0.15) is 10.8 Å². The molecule has 0 bridgehead atoms. The van der Waals surface area contributed by atoms with E-state index in [-0.39, 0.29) is 11.8 Å². The van der Waals surface area contributed by atoms with E-state index < -0.39 is 0 Å². The number of rotatable bonds is 6. The fourth-order valence-corrected chi connectivity index (χ4v) is 3.33. The summed E-state index contributed by atoms with van der Waals surface area (Å²) in [6.45, 7) is 0.303. The van der Waals surface area contributed by atoms with Crippen LogP contribution in [-0.4, -0.2) is 22.0 Å². The Balaban J connectivity index is 1.39. The third kappa shape index (κ3) is 3.80. The summed E-state index contributed by atoms with van der Waals surface area (Å²) < 4.78 is 5.18. The van der Waals surface area contributed by atoms with Gasteiger partial charge in [-0.2, -0.15) is 0 Å². The van der Waals surface area contributed by atoms with E-state index in [0.717, 1.165) is 17.8 Å². The molecule has 26 heavy (non-hydrogen) atoms. The standard InChI is InChI=1S/C18H16N4O3S/c23-15(19-10-14-5-2-8-25-14)12-3-1-4-13(9-12)20-16(24)18-22-21-17(26-18)11-6-7-11/h1-5,8-9,11H,6-7,10H2,(H,19,23)(H,20,24). The molecule has 4 rings (SSSR count). The van der Waals surface area contributed by atoms with Gasteiger partial charge < -0.3 is 15.1 Å². The first-order valence-corrected chi connectivity index (χ1v) is 9.06. The number of hydrogen-bond acceptors (Lipinski definition) is 6. The van der Waals surface area contributed by atoms with Gasteiger partial charge >= 0.3 is 0 Å². The molecule has 1 aliphatic rings. The summed E-state index contributed by atoms with van der Waals surface area (Å²) in [6, 6.07) is 10.3. The summed E-state index contributed by atoms with van der Waals surface area (Å²) in [4.78, 5) is 24.6. The minimum absolute atomic E-state index is 0.246. The molecule has 0 saturated heterocycles. The number of amides is 2. The number of benzene rings is 1. The molecule has 2 N–H and O–H groups in total. The van der Waals surface area contributed by atoms with Crippen LogP contribution in [0.25, 0.3) is 0 Å². The van der Waals surface area contributed by atoms with Crippen molar-refractivity contribution in [1.82, 2.24) is 15.5 Å². The number of nitrogens with one attached hydrogen (secondary N) is 2. The Morgan fingerprint density at radius 1 is 1.15 bits per heavy atom. The van der Waals surface area contributed by atoms with Gasteiger partial charge in [0.05, 0.1) is 12.8 Å². The van der Waals surface area contributed by atoms with Gasteiger partial charge in [-0.05, 0) is 43.2 Å². The normalized spacial score (nSPS) is 13.4. The molecule has 1 aliphatic carbocycles. The molecule has 8 heteroatoms. The van der Waals surface area contributed by atoms with Crippen LogP contribution in [0, 0.1) is 0 Å². The Bertz CT molecular complexity index is 932. The van der Waals surface area contributed by atoms with Crippen LogP contribution in [-0.2, 0) is 6.54 Å². The number of carbonyl (C=O) groups is 2. The zero-order valence-electron chi connectivity index (χ0n) is 13.8. The molecule has 1 fully saturated rings. The molecule has 2 aromatic heterocycles. The van der Waals surface area contributed by atoms with Crippen molar-refractivity contribution in [3.05, 3.63) is 64.0 Å². The lowest BCUT2D eigenvalue weighted by atomic mass is 10.2. The van der Waals surface area contributed by atoms with E-state index in [1.165, 1.54) is 11.3 Å². The van der Waals surface area contributed by atoms with Crippen LogP contribution in [0.5, 0.6) is 0 Å². The number of carbonyl (C=O) groups excluding carboxylic acids is 2. The maximum Gasteiger partial charge on any atom is 0.286 e. The van der Waals surface area contributed by atoms with Gasteiger partial charge in [0.25, 0.3) is 11.8 Å². The lowest BCUT2D eigenvalue weighted by Gasteiger charge is -2.07. The second kappa shape index (κ2) is 7.09. The molecule has 0 spiro atoms. The van der Waals surface area contributed by atoms with Crippen molar-refractivity contribution in [3.8, 4) is 0 Å². The first-order valence-electron chi connectivity index (χ1n) is 8.24. The van der Waals surface area contributed by atoms with Crippen LogP contribution in [0.3, 0.4) is 0 Å². The van der Waals surface area contributed by atoms with Gasteiger partial charge in [-0.1, -0.05) is 17.4 Å². The zero-order valence-corrected chi connectivity index (χ0v) is 14.6. The predicted octanol–water partition coefficient (Wildman–Crippen LogP) is 3.19. The Kier molecular flexibility index (Phi) is 4.49. The van der Waals surface area contributed by atoms with Crippen molar-refractivity contribution in [2.75, 3.05) is 5.32 Å². The van der Waals surface area contributed by atoms with Crippen LogP contribution in [0.4, 0.5) is 5.69 Å². The van der Waals surface area contributed by atoms with Gasteiger partial charge in [-0.3, -0.25) is 9.59 Å². The second-order valence-corrected chi connectivity index (χ2v) is 7.03. The maximum absolute atomic E-state index is 12.3. The maximum atomic E-state index is 12.3. The Morgan fingerprint density at radius 2 is 2.04 bits per heavy atom. The molecule has 0 unspecified atom stereocenters. The predicted molar refractivity (Wildman–Crippen MR) is 96.2 cm³/mol. The zero-order chi connectivity index (χ0) is 17.9. The van der Waals surface area contributed by atoms with Crippen molar-refractivity contribution in [3.63, 3.8) is 0 Å². The Morgan fingerprint density at radius 3 is 2.81 bits per heavy atom. The van der Waals surface area contributed by atoms with E-state index >= 15 is 0 Å². The summed E-state index contributed by atoms with van der Waals surface area (Å²) in [6.07, 6.45) is 3.79. The molecule has 3 aromatic rings. The number of aromatic nitrogens is 2. The van der Waals surface area contributed by atoms with Crippen molar-refractivity contribution >= 4 is 28.8 Å². The van der Waals surface area contributed by atoms with Crippen molar-refractivity contribution in [2.24, 2.45) is 0 Å². The second-order valence-electron chi connectivity index (χ2n) is 6.02. The highest BCUT2D eigenvalue weighted by Crippen LogP contribution is 2.41. The minimum Gasteiger partial charge on any atom is -0.467 e. The summed E-state index contributed by atoms with van der Waals surface area (Å²) in [7, 11) is 0. The first kappa shape index (κ1) is 16.5. The van der Waals surface area contributed by atoms with E-state index in [1.54, 1.807) is 42.7 Å². The highest BCUT2D eigenvalue weighted by molar-refractivity contribution is 7.13. The smallest absolute Gasteiger partial charge is 0.286 e. The highest BCUT2D eigenvalue weighted by Gasteiger charge is 2.28. The fourth-order valence-electron chi connectivity index (χ4n) is 2.43. The molecule has 2 amide bonds. The van der Waals surface area contributed by atoms with Crippen LogP contribution in [0.15, 0.2) is 47.1 Å². The van der Waals surface area contributed by atoms with E-state index in [1.807, 2.05) is 0 Å². The van der Waals surface area contributed by atoms with E-state index in [0.29, 0.717) is 34.5 Å². The first-order chi connectivity index (χ1) is 12.7. The number of hydrogen-bond donors (Lipinski definition) is 2. The van der Waals surface area contributed by atoms with Crippen molar-refractivity contribution in [1.29, 1.82) is 0 Å². The number of furan rings is 1. The third-order valence-electron chi connectivity index (χ3n) is 3.95. The molecule has 0 atom stereocenters. The summed E-state index contributed by atoms with van der Waals surface area (Å²) in [5.74, 6) is 0.577. The topological polar surface area (TPSA) is 97.1 Å². The SMILES string of the molecule is O=C(NCc1ccco1)c1cccc(NC(=O)c2nnc(C3CC3)s2)c1. The van der Waals surface area contributed by atoms with Crippen LogP contribution < -0.4 is 10.6 Å². The number of nitrogens with zero attached hydrogens (tertiary/aromatic N) is 2. The summed E-state index contributed by atoms with van der Waals surface area (Å²) in [5, 5.41) is 14.8. The minimum atomic E-state index is -0.317. The summed E-state index contributed by atoms with van der Waals surface area (Å²) in [5.41, 5.74) is 0.981. The van der Waals surface area contributed by atoms with Crippen LogP contribution in [0.2, 0.25) is 0 Å². The molecule has 1 saturated carbocycles. The fraction of sp³-hybridized carbons (Fsp3) is 0.222. The van der Waals surface area contributed by atoms with Crippen LogP contribution in [0.1, 0.15) is 49.7 Å². The van der Waals surface area contributed by atoms with E-state index in [9.17, 15) is 9.59 Å². The number of anilines is 1. The van der Waals surface area contributed by atoms with Gasteiger partial charge in [-0.25, -0.2) is 0 Å². The lowest BCUT2D eigenvalue weighted by molar-refractivity contribution is 0.0946. The Hall–Kier alpha value is -3.00. The molecule has 2 heterocycles. The average molecular weight is 368 g/mol. The molecule has 0 aliphatic heterocycles. The van der Waals surface area contributed by atoms with Crippen molar-refractivity contribution < 1.29 is 14.0 Å². The van der Waals surface area contributed by atoms with Gasteiger partial charge in [-0.15, -0.1) is 10.2 Å². The molecular weight excluding hydrogens is 352 g/mol. The highest BCUT2D eigenvalue weighted by atomic mass is 32.1. The average Bonchev–Trinajstić information content (AvgIpc) is 3.16. The quantitative estimate of drug-likeness (QED) is 0.696. The van der Waals surface area contributed by atoms with Gasteiger partial charge in [0.2, 0.25) is 5.01 Å². The van der Waals surface area contributed by atoms with E-state index in [2.05, 4.69) is 20.8 Å². The molecule has 1 aromatic carbocycles. The largest absolute Gasteiger partial charge is 0.467 e.